The van der Waals surface area contributed by atoms with Crippen LogP contribution in [0.15, 0.2) is 48.5 Å². The van der Waals surface area contributed by atoms with Gasteiger partial charge in [-0.2, -0.15) is 13.2 Å². The minimum Gasteiger partial charge on any atom is -0.489 e. The lowest BCUT2D eigenvalue weighted by atomic mass is 10.1. The van der Waals surface area contributed by atoms with E-state index in [2.05, 4.69) is 5.32 Å². The molecule has 0 aliphatic carbocycles. The third-order valence-corrected chi connectivity index (χ3v) is 3.96. The van der Waals surface area contributed by atoms with Gasteiger partial charge in [0.25, 0.3) is 0 Å². The highest BCUT2D eigenvalue weighted by Gasteiger charge is 2.32. The van der Waals surface area contributed by atoms with Crippen molar-refractivity contribution in [2.45, 2.75) is 38.4 Å². The minimum absolute atomic E-state index is 0.0528. The molecule has 0 saturated carbocycles. The number of rotatable bonds is 8. The molecule has 0 bridgehead atoms. The number of aliphatic hydroxyl groups is 1. The molecule has 146 valence electrons. The van der Waals surface area contributed by atoms with Crippen LogP contribution in [0.1, 0.15) is 23.6 Å². The molecule has 0 aromatic heterocycles. The molecular formula is C19H21F3N2O3. The second-order valence-corrected chi connectivity index (χ2v) is 6.09. The lowest BCUT2D eigenvalue weighted by molar-refractivity contribution is -0.138. The number of hydrogen-bond acceptors (Lipinski definition) is 4. The van der Waals surface area contributed by atoms with Crippen molar-refractivity contribution in [3.8, 4) is 5.75 Å². The molecule has 0 aliphatic heterocycles. The van der Waals surface area contributed by atoms with Crippen LogP contribution in [0.4, 0.5) is 13.2 Å². The van der Waals surface area contributed by atoms with Crippen molar-refractivity contribution < 1.29 is 27.8 Å². The second kappa shape index (κ2) is 8.88. The molecule has 2 aromatic rings. The minimum atomic E-state index is -4.43. The first kappa shape index (κ1) is 20.7. The first-order valence-corrected chi connectivity index (χ1v) is 8.26. The van der Waals surface area contributed by atoms with Crippen molar-refractivity contribution in [2.24, 2.45) is 5.73 Å². The van der Waals surface area contributed by atoms with Crippen molar-refractivity contribution >= 4 is 5.91 Å². The average molecular weight is 382 g/mol. The van der Waals surface area contributed by atoms with Crippen molar-refractivity contribution in [3.63, 3.8) is 0 Å². The maximum atomic E-state index is 13.0. The number of primary amides is 1. The topological polar surface area (TPSA) is 84.6 Å². The van der Waals surface area contributed by atoms with Gasteiger partial charge in [-0.15, -0.1) is 0 Å². The summed E-state index contributed by atoms with van der Waals surface area (Å²) in [6.45, 7) is 1.53. The molecule has 0 saturated heterocycles. The highest BCUT2D eigenvalue weighted by atomic mass is 19.4. The zero-order chi connectivity index (χ0) is 20.0. The maximum absolute atomic E-state index is 13.0. The van der Waals surface area contributed by atoms with Crippen molar-refractivity contribution in [1.29, 1.82) is 0 Å². The van der Waals surface area contributed by atoms with Gasteiger partial charge in [0.15, 0.2) is 0 Å². The van der Waals surface area contributed by atoms with E-state index in [1.54, 1.807) is 24.3 Å². The number of amides is 1. The molecule has 8 heteroatoms. The molecule has 0 radical (unpaired) electrons. The van der Waals surface area contributed by atoms with E-state index in [1.807, 2.05) is 0 Å². The quantitative estimate of drug-likeness (QED) is 0.655. The van der Waals surface area contributed by atoms with E-state index < -0.39 is 29.8 Å². The summed E-state index contributed by atoms with van der Waals surface area (Å²) < 4.78 is 44.4. The van der Waals surface area contributed by atoms with Gasteiger partial charge < -0.3 is 15.6 Å². The van der Waals surface area contributed by atoms with Crippen molar-refractivity contribution in [2.75, 3.05) is 0 Å². The van der Waals surface area contributed by atoms with Gasteiger partial charge in [0.2, 0.25) is 5.91 Å². The van der Waals surface area contributed by atoms with Gasteiger partial charge in [-0.05, 0) is 30.7 Å². The Bertz CT molecular complexity index is 762. The molecule has 2 atom stereocenters. The molecule has 0 heterocycles. The van der Waals surface area contributed by atoms with Gasteiger partial charge in [0, 0.05) is 12.1 Å². The Kier molecular flexibility index (Phi) is 6.81. The monoisotopic (exact) mass is 382 g/mol. The molecule has 2 aromatic carbocycles. The fourth-order valence-electron chi connectivity index (χ4n) is 2.52. The summed E-state index contributed by atoms with van der Waals surface area (Å²) in [5.74, 6) is -0.244. The number of carbonyl (C=O) groups excluding carboxylic acids is 1. The van der Waals surface area contributed by atoms with Gasteiger partial charge in [-0.3, -0.25) is 10.1 Å². The number of ether oxygens (including phenoxy) is 1. The van der Waals surface area contributed by atoms with Crippen LogP contribution in [0.25, 0.3) is 0 Å². The van der Waals surface area contributed by atoms with E-state index in [9.17, 15) is 23.1 Å². The summed E-state index contributed by atoms with van der Waals surface area (Å²) in [7, 11) is 0. The van der Waals surface area contributed by atoms with E-state index in [0.29, 0.717) is 5.75 Å². The Morgan fingerprint density at radius 2 is 1.81 bits per heavy atom. The number of alkyl halides is 3. The third-order valence-electron chi connectivity index (χ3n) is 3.96. The predicted molar refractivity (Wildman–Crippen MR) is 93.7 cm³/mol. The molecule has 0 fully saturated rings. The lowest BCUT2D eigenvalue weighted by Gasteiger charge is -2.18. The van der Waals surface area contributed by atoms with Crippen LogP contribution in [-0.2, 0) is 24.1 Å². The largest absolute Gasteiger partial charge is 0.489 e. The fourth-order valence-corrected chi connectivity index (χ4v) is 2.52. The Balaban J connectivity index is 1.96. The Morgan fingerprint density at radius 3 is 2.37 bits per heavy atom. The number of halogens is 3. The van der Waals surface area contributed by atoms with E-state index >= 15 is 0 Å². The first-order chi connectivity index (χ1) is 12.7. The molecule has 27 heavy (non-hydrogen) atoms. The normalized spacial score (nSPS) is 13.8. The van der Waals surface area contributed by atoms with Crippen molar-refractivity contribution in [1.82, 2.24) is 5.32 Å². The van der Waals surface area contributed by atoms with E-state index in [-0.39, 0.29) is 18.7 Å². The van der Waals surface area contributed by atoms with Gasteiger partial charge in [0.1, 0.15) is 18.4 Å². The lowest BCUT2D eigenvalue weighted by Crippen LogP contribution is -2.47. The smallest absolute Gasteiger partial charge is 0.416 e. The second-order valence-electron chi connectivity index (χ2n) is 6.09. The van der Waals surface area contributed by atoms with Crippen LogP contribution in [0, 0.1) is 0 Å². The summed E-state index contributed by atoms with van der Waals surface area (Å²) in [5.41, 5.74) is 5.33. The molecular weight excluding hydrogens is 361 g/mol. The molecule has 4 N–H and O–H groups in total. The Labute approximate surface area is 154 Å². The zero-order valence-corrected chi connectivity index (χ0v) is 14.7. The van der Waals surface area contributed by atoms with Crippen LogP contribution >= 0.6 is 0 Å². The van der Waals surface area contributed by atoms with Crippen LogP contribution in [0.3, 0.4) is 0 Å². The van der Waals surface area contributed by atoms with E-state index in [0.717, 1.165) is 11.6 Å². The molecule has 0 aliphatic rings. The first-order valence-electron chi connectivity index (χ1n) is 8.26. The Morgan fingerprint density at radius 1 is 1.19 bits per heavy atom. The van der Waals surface area contributed by atoms with Gasteiger partial charge in [-0.1, -0.05) is 30.3 Å². The number of aliphatic hydroxyl groups excluding tert-OH is 1. The average Bonchev–Trinajstić information content (AvgIpc) is 2.60. The van der Waals surface area contributed by atoms with Crippen LogP contribution in [-0.4, -0.2) is 23.2 Å². The summed E-state index contributed by atoms with van der Waals surface area (Å²) >= 11 is 0. The van der Waals surface area contributed by atoms with E-state index in [1.165, 1.54) is 25.1 Å². The van der Waals surface area contributed by atoms with Gasteiger partial charge >= 0.3 is 6.18 Å². The molecule has 2 rings (SSSR count). The van der Waals surface area contributed by atoms with Crippen LogP contribution in [0.2, 0.25) is 0 Å². The SMILES string of the molecule is CC(O)C(NCc1ccc(OCc2ccccc2C(F)(F)F)cc1)C(N)=O. The molecule has 1 amide bonds. The van der Waals surface area contributed by atoms with Crippen LogP contribution < -0.4 is 15.8 Å². The summed E-state index contributed by atoms with van der Waals surface area (Å²) in [6, 6.07) is 11.0. The number of nitrogens with one attached hydrogen (secondary N) is 1. The standard InChI is InChI=1S/C19H21F3N2O3/c1-12(25)17(18(23)26)24-10-13-6-8-15(9-7-13)27-11-14-4-2-3-5-16(14)19(20,21)22/h2-9,12,17,24-25H,10-11H2,1H3,(H2,23,26). The third kappa shape index (κ3) is 5.97. The molecule has 0 spiro atoms. The summed E-state index contributed by atoms with van der Waals surface area (Å²) in [6.07, 6.45) is -5.37. The highest BCUT2D eigenvalue weighted by molar-refractivity contribution is 5.80. The van der Waals surface area contributed by atoms with E-state index in [4.69, 9.17) is 10.5 Å². The van der Waals surface area contributed by atoms with Gasteiger partial charge in [-0.25, -0.2) is 0 Å². The summed E-state index contributed by atoms with van der Waals surface area (Å²) in [4.78, 5) is 11.2. The number of nitrogens with two attached hydrogens (primary N) is 1. The number of carbonyl (C=O) groups is 1. The molecule has 5 nitrogen and oxygen atoms in total. The zero-order valence-electron chi connectivity index (χ0n) is 14.7. The predicted octanol–water partition coefficient (Wildman–Crippen LogP) is 2.61. The fraction of sp³-hybridized carbons (Fsp3) is 0.316. The molecule has 2 unspecified atom stereocenters. The number of hydrogen-bond donors (Lipinski definition) is 3. The maximum Gasteiger partial charge on any atom is 0.416 e. The van der Waals surface area contributed by atoms with Gasteiger partial charge in [0.05, 0.1) is 11.7 Å². The Hall–Kier alpha value is -2.58. The number of benzene rings is 2. The highest BCUT2D eigenvalue weighted by Crippen LogP contribution is 2.32. The van der Waals surface area contributed by atoms with Crippen LogP contribution in [0.5, 0.6) is 5.75 Å². The van der Waals surface area contributed by atoms with Crippen molar-refractivity contribution in [3.05, 3.63) is 65.2 Å². The summed E-state index contributed by atoms with van der Waals surface area (Å²) in [5, 5.41) is 12.3.